The van der Waals surface area contributed by atoms with Crippen molar-refractivity contribution in [2.45, 2.75) is 6.54 Å². The predicted octanol–water partition coefficient (Wildman–Crippen LogP) is 1.53. The quantitative estimate of drug-likeness (QED) is 0.718. The molecule has 3 aromatic rings. The Morgan fingerprint density at radius 3 is 2.92 bits per heavy atom. The van der Waals surface area contributed by atoms with Crippen molar-refractivity contribution in [3.63, 3.8) is 0 Å². The molecule has 1 N–H and O–H groups in total. The molecule has 0 spiro atoms. The van der Waals surface area contributed by atoms with Crippen LogP contribution in [-0.2, 0) is 11.3 Å². The fourth-order valence-electron chi connectivity index (χ4n) is 2.32. The lowest BCUT2D eigenvalue weighted by atomic mass is 10.2. The van der Waals surface area contributed by atoms with Gasteiger partial charge in [-0.05, 0) is 30.3 Å². The average Bonchev–Trinajstić information content (AvgIpc) is 2.92. The topological polar surface area (TPSA) is 77.6 Å². The number of fused-ring (bicyclic) bond motifs is 1. The Kier molecular flexibility index (Phi) is 4.28. The minimum Gasteiger partial charge on any atom is -0.465 e. The number of nitrogens with zero attached hydrogens (tertiary/aromatic N) is 3. The number of nitrogens with one attached hydrogen (secondary N) is 1. The van der Waals surface area contributed by atoms with E-state index in [0.717, 1.165) is 0 Å². The summed E-state index contributed by atoms with van der Waals surface area (Å²) >= 11 is 0. The molecule has 0 aliphatic carbocycles. The number of methoxy groups -OCH3 is 1. The van der Waals surface area contributed by atoms with Gasteiger partial charge in [-0.15, -0.1) is 5.10 Å². The van der Waals surface area contributed by atoms with E-state index in [1.54, 1.807) is 24.4 Å². The molecule has 0 fully saturated rings. The number of halogens is 1. The molecular formula is C16H15FN4O3. The van der Waals surface area contributed by atoms with Gasteiger partial charge in [-0.1, -0.05) is 6.07 Å². The number of ether oxygens (including phenoxy) is 1. The summed E-state index contributed by atoms with van der Waals surface area (Å²) in [4.78, 5) is 23.6. The van der Waals surface area contributed by atoms with Gasteiger partial charge in [0.1, 0.15) is 5.82 Å². The van der Waals surface area contributed by atoms with Crippen LogP contribution in [0.4, 0.5) is 10.1 Å². The lowest BCUT2D eigenvalue weighted by Crippen LogP contribution is -2.24. The van der Waals surface area contributed by atoms with E-state index in [2.05, 4.69) is 15.2 Å². The Labute approximate surface area is 136 Å². The highest BCUT2D eigenvalue weighted by Crippen LogP contribution is 2.16. The molecule has 3 rings (SSSR count). The molecule has 0 aliphatic heterocycles. The fourth-order valence-corrected chi connectivity index (χ4v) is 2.32. The van der Waals surface area contributed by atoms with Crippen molar-refractivity contribution >= 4 is 17.3 Å². The third-order valence-electron chi connectivity index (χ3n) is 3.51. The van der Waals surface area contributed by atoms with Crippen molar-refractivity contribution in [3.8, 4) is 0 Å². The minimum atomic E-state index is -0.547. The molecule has 24 heavy (non-hydrogen) atoms. The van der Waals surface area contributed by atoms with E-state index < -0.39 is 11.8 Å². The maximum Gasteiger partial charge on any atom is 0.350 e. The van der Waals surface area contributed by atoms with Gasteiger partial charge >= 0.3 is 11.7 Å². The Hall–Kier alpha value is -3.16. The van der Waals surface area contributed by atoms with E-state index in [1.165, 1.54) is 34.4 Å². The highest BCUT2D eigenvalue weighted by atomic mass is 19.1. The Balaban J connectivity index is 1.73. The van der Waals surface area contributed by atoms with Crippen LogP contribution >= 0.6 is 0 Å². The highest BCUT2D eigenvalue weighted by Gasteiger charge is 2.10. The third kappa shape index (κ3) is 2.98. The van der Waals surface area contributed by atoms with Gasteiger partial charge in [0.05, 0.1) is 24.9 Å². The largest absolute Gasteiger partial charge is 0.465 e. The fraction of sp³-hybridized carbons (Fsp3) is 0.188. The Morgan fingerprint density at radius 1 is 1.33 bits per heavy atom. The second-order valence-electron chi connectivity index (χ2n) is 5.05. The number of hydrogen-bond donors (Lipinski definition) is 1. The summed E-state index contributed by atoms with van der Waals surface area (Å²) in [6.45, 7) is 0.522. The molecule has 7 nitrogen and oxygen atoms in total. The first kappa shape index (κ1) is 15.7. The van der Waals surface area contributed by atoms with Crippen LogP contribution in [0.15, 0.2) is 47.4 Å². The summed E-state index contributed by atoms with van der Waals surface area (Å²) in [6, 6.07) is 9.16. The lowest BCUT2D eigenvalue weighted by Gasteiger charge is -2.08. The van der Waals surface area contributed by atoms with Crippen LogP contribution in [0.25, 0.3) is 5.65 Å². The Bertz CT molecular complexity index is 948. The number of hydrogen-bond acceptors (Lipinski definition) is 5. The van der Waals surface area contributed by atoms with E-state index in [1.807, 2.05) is 0 Å². The van der Waals surface area contributed by atoms with Crippen molar-refractivity contribution in [1.82, 2.24) is 14.2 Å². The molecule has 8 heteroatoms. The summed E-state index contributed by atoms with van der Waals surface area (Å²) in [5.41, 5.74) is 0.679. The number of anilines is 1. The Morgan fingerprint density at radius 2 is 2.17 bits per heavy atom. The van der Waals surface area contributed by atoms with E-state index in [0.29, 0.717) is 5.65 Å². The van der Waals surface area contributed by atoms with Crippen LogP contribution in [0.2, 0.25) is 0 Å². The normalized spacial score (nSPS) is 10.8. The molecule has 2 heterocycles. The smallest absolute Gasteiger partial charge is 0.350 e. The van der Waals surface area contributed by atoms with Gasteiger partial charge in [-0.2, -0.15) is 0 Å². The zero-order chi connectivity index (χ0) is 17.1. The summed E-state index contributed by atoms with van der Waals surface area (Å²) in [5.74, 6) is -1.04. The number of pyridine rings is 1. The first-order valence-corrected chi connectivity index (χ1v) is 7.26. The molecule has 0 saturated heterocycles. The van der Waals surface area contributed by atoms with Crippen LogP contribution < -0.4 is 11.0 Å². The van der Waals surface area contributed by atoms with Crippen LogP contribution in [0, 0.1) is 5.82 Å². The number of rotatable bonds is 5. The van der Waals surface area contributed by atoms with E-state index in [9.17, 15) is 14.0 Å². The van der Waals surface area contributed by atoms with Crippen LogP contribution in [-0.4, -0.2) is 33.8 Å². The number of carbonyl (C=O) groups excluding carboxylic acids is 1. The van der Waals surface area contributed by atoms with Crippen molar-refractivity contribution in [2.75, 3.05) is 19.0 Å². The van der Waals surface area contributed by atoms with Crippen molar-refractivity contribution in [2.24, 2.45) is 0 Å². The zero-order valence-corrected chi connectivity index (χ0v) is 12.9. The molecule has 1 aromatic carbocycles. The summed E-state index contributed by atoms with van der Waals surface area (Å²) < 4.78 is 21.1. The van der Waals surface area contributed by atoms with Crippen LogP contribution in [0.5, 0.6) is 0 Å². The van der Waals surface area contributed by atoms with Crippen LogP contribution in [0.1, 0.15) is 10.4 Å². The highest BCUT2D eigenvalue weighted by molar-refractivity contribution is 5.90. The molecule has 0 amide bonds. The molecular weight excluding hydrogens is 315 g/mol. The van der Waals surface area contributed by atoms with Gasteiger partial charge in [0.15, 0.2) is 5.65 Å². The van der Waals surface area contributed by atoms with E-state index in [4.69, 9.17) is 0 Å². The monoisotopic (exact) mass is 330 g/mol. The second-order valence-corrected chi connectivity index (χ2v) is 5.05. The number of benzene rings is 1. The summed E-state index contributed by atoms with van der Waals surface area (Å²) in [6.07, 6.45) is 1.63. The van der Waals surface area contributed by atoms with Crippen molar-refractivity contribution in [1.29, 1.82) is 0 Å². The molecule has 0 bridgehead atoms. The second kappa shape index (κ2) is 6.53. The molecule has 0 aliphatic rings. The lowest BCUT2D eigenvalue weighted by molar-refractivity contribution is 0.0600. The molecule has 0 saturated carbocycles. The zero-order valence-electron chi connectivity index (χ0n) is 12.9. The van der Waals surface area contributed by atoms with E-state index in [-0.39, 0.29) is 30.0 Å². The minimum absolute atomic E-state index is 0.162. The third-order valence-corrected chi connectivity index (χ3v) is 3.51. The standard InChI is InChI=1S/C16H15FN4O3/c1-24-15(22)11-5-6-12(17)13(10-11)18-7-9-21-16(23)20-8-3-2-4-14(20)19-21/h2-6,8,10,18H,7,9H2,1H3. The summed E-state index contributed by atoms with van der Waals surface area (Å²) in [5, 5.41) is 7.04. The molecule has 0 atom stereocenters. The molecule has 2 aromatic heterocycles. The van der Waals surface area contributed by atoms with E-state index >= 15 is 0 Å². The van der Waals surface area contributed by atoms with Gasteiger partial charge in [-0.3, -0.25) is 4.40 Å². The van der Waals surface area contributed by atoms with Crippen LogP contribution in [0.3, 0.4) is 0 Å². The van der Waals surface area contributed by atoms with Crippen molar-refractivity contribution in [3.05, 3.63) is 64.5 Å². The van der Waals surface area contributed by atoms with Gasteiger partial charge in [0, 0.05) is 12.7 Å². The number of carbonyl (C=O) groups is 1. The number of esters is 1. The first-order chi connectivity index (χ1) is 11.6. The number of aromatic nitrogens is 3. The van der Waals surface area contributed by atoms with Gasteiger partial charge in [-0.25, -0.2) is 18.7 Å². The average molecular weight is 330 g/mol. The van der Waals surface area contributed by atoms with Gasteiger partial charge in [0.25, 0.3) is 0 Å². The molecule has 124 valence electrons. The summed E-state index contributed by atoms with van der Waals surface area (Å²) in [7, 11) is 1.26. The first-order valence-electron chi connectivity index (χ1n) is 7.26. The SMILES string of the molecule is COC(=O)c1ccc(F)c(NCCn2nc3ccccn3c2=O)c1. The van der Waals surface area contributed by atoms with Gasteiger partial charge < -0.3 is 10.1 Å². The predicted molar refractivity (Wildman–Crippen MR) is 85.7 cm³/mol. The maximum absolute atomic E-state index is 13.8. The molecule has 0 radical (unpaired) electrons. The van der Waals surface area contributed by atoms with Gasteiger partial charge in [0.2, 0.25) is 0 Å². The molecule has 0 unspecified atom stereocenters. The maximum atomic E-state index is 13.8. The van der Waals surface area contributed by atoms with Crippen molar-refractivity contribution < 1.29 is 13.9 Å².